The fourth-order valence-electron chi connectivity index (χ4n) is 0.503. The number of thioether (sulfide) groups is 2. The Morgan fingerprint density at radius 1 is 1.38 bits per heavy atom. The summed E-state index contributed by atoms with van der Waals surface area (Å²) in [6.45, 7) is 0. The van der Waals surface area contributed by atoms with Crippen molar-refractivity contribution in [3.63, 3.8) is 0 Å². The molecule has 1 saturated heterocycles. The molecule has 0 N–H and O–H groups in total. The zero-order valence-corrected chi connectivity index (χ0v) is 9.37. The van der Waals surface area contributed by atoms with Gasteiger partial charge in [0.25, 0.3) is 0 Å². The van der Waals surface area contributed by atoms with Crippen LogP contribution in [0.4, 0.5) is 0 Å². The van der Waals surface area contributed by atoms with Crippen molar-refractivity contribution in [3.05, 3.63) is 0 Å². The Labute approximate surface area is 86.6 Å². The van der Waals surface area contributed by atoms with Crippen molar-refractivity contribution in [2.75, 3.05) is 17.3 Å². The first-order valence-corrected chi connectivity index (χ1v) is 4.92. The van der Waals surface area contributed by atoms with E-state index >= 15 is 0 Å². The van der Waals surface area contributed by atoms with E-state index in [9.17, 15) is 0 Å². The summed E-state index contributed by atoms with van der Waals surface area (Å²) in [6.07, 6.45) is 0. The molecule has 0 bridgehead atoms. The molecule has 0 unspecified atom stereocenters. The molecule has 0 nitrogen and oxygen atoms in total. The van der Waals surface area contributed by atoms with Gasteiger partial charge in [-0.3, -0.25) is 0 Å². The van der Waals surface area contributed by atoms with Crippen LogP contribution in [0.1, 0.15) is 0 Å². The average Bonchev–Trinajstić information content (AvgIpc) is 2.14. The molecule has 0 aromatic carbocycles. The smallest absolute Gasteiger partial charge is 0.791 e. The topological polar surface area (TPSA) is 0 Å². The van der Waals surface area contributed by atoms with Gasteiger partial charge in [-0.15, -0.1) is 23.5 Å². The monoisotopic (exact) mass is 174 g/mol. The Hall–Kier alpha value is 2.05. The summed E-state index contributed by atoms with van der Waals surface area (Å²) >= 11 is 8.87. The first kappa shape index (κ1) is 10.0. The van der Waals surface area contributed by atoms with E-state index in [4.69, 9.17) is 12.6 Å². The van der Waals surface area contributed by atoms with Crippen LogP contribution < -0.4 is 29.6 Å². The summed E-state index contributed by atoms with van der Waals surface area (Å²) in [6, 6.07) is 0. The van der Waals surface area contributed by atoms with Gasteiger partial charge < -0.3 is 12.6 Å². The Bertz CT molecular complexity index is 53.2. The Balaban J connectivity index is 0.000000490. The van der Waals surface area contributed by atoms with Crippen molar-refractivity contribution in [2.45, 2.75) is 4.58 Å². The molecule has 0 aromatic rings. The fraction of sp³-hybridized carbons (Fsp3) is 1.00. The fourth-order valence-corrected chi connectivity index (χ4v) is 3.53. The van der Waals surface area contributed by atoms with Crippen LogP contribution in [0.2, 0.25) is 0 Å². The van der Waals surface area contributed by atoms with Gasteiger partial charge in [0.2, 0.25) is 0 Å². The van der Waals surface area contributed by atoms with Gasteiger partial charge in [-0.25, -0.2) is 0 Å². The molecule has 0 amide bonds. The van der Waals surface area contributed by atoms with E-state index in [0.717, 1.165) is 10.3 Å². The second-order valence-electron chi connectivity index (χ2n) is 1.34. The van der Waals surface area contributed by atoms with Crippen molar-refractivity contribution in [2.24, 2.45) is 0 Å². The quantitative estimate of drug-likeness (QED) is 0.345. The van der Waals surface area contributed by atoms with Gasteiger partial charge in [-0.05, 0) is 0 Å². The minimum atomic E-state index is 0. The molecule has 1 aliphatic heterocycles. The van der Waals surface area contributed by atoms with Gasteiger partial charge in [0.1, 0.15) is 0 Å². The van der Waals surface area contributed by atoms with Gasteiger partial charge in [-0.2, -0.15) is 5.75 Å². The molecule has 0 aliphatic carbocycles. The van der Waals surface area contributed by atoms with Crippen molar-refractivity contribution in [1.29, 1.82) is 0 Å². The van der Waals surface area contributed by atoms with E-state index < -0.39 is 0 Å². The summed E-state index contributed by atoms with van der Waals surface area (Å²) in [5.41, 5.74) is 0. The third-order valence-corrected chi connectivity index (χ3v) is 4.61. The third-order valence-electron chi connectivity index (χ3n) is 0.827. The minimum Gasteiger partial charge on any atom is -0.791 e. The molecule has 1 rings (SSSR count). The summed E-state index contributed by atoms with van der Waals surface area (Å²) in [5.74, 6) is 3.55. The molecule has 42 valence electrons. The maximum atomic E-state index is 4.87. The van der Waals surface area contributed by atoms with Crippen molar-refractivity contribution >= 4 is 36.2 Å². The summed E-state index contributed by atoms with van der Waals surface area (Å²) in [5, 5.41) is 0. The van der Waals surface area contributed by atoms with Crippen LogP contribution in [0.25, 0.3) is 0 Å². The zero-order valence-electron chi connectivity index (χ0n) is 4.92. The average molecular weight is 174 g/mol. The van der Waals surface area contributed by atoms with Gasteiger partial charge in [0.05, 0.1) is 0 Å². The molecule has 0 saturated carbocycles. The molecular weight excluding hydrogens is 167 g/mol. The maximum absolute atomic E-state index is 4.87. The minimum absolute atomic E-state index is 0. The van der Waals surface area contributed by atoms with E-state index in [1.54, 1.807) is 0 Å². The molecule has 0 aromatic heterocycles. The first-order valence-electron chi connectivity index (χ1n) is 2.25. The van der Waals surface area contributed by atoms with Crippen LogP contribution in [-0.2, 0) is 12.6 Å². The first-order chi connectivity index (χ1) is 3.43. The molecule has 1 heterocycles. The molecule has 8 heavy (non-hydrogen) atoms. The summed E-state index contributed by atoms with van der Waals surface area (Å²) in [4.78, 5) is 0. The second kappa shape index (κ2) is 5.81. The van der Waals surface area contributed by atoms with E-state index in [1.165, 1.54) is 11.5 Å². The van der Waals surface area contributed by atoms with E-state index in [0.29, 0.717) is 0 Å². The number of hydrogen-bond acceptors (Lipinski definition) is 3. The van der Waals surface area contributed by atoms with Crippen LogP contribution in [0.5, 0.6) is 0 Å². The SMILES string of the molecule is [Na+].[S-]CC1SCCS1. The van der Waals surface area contributed by atoms with Crippen LogP contribution >= 0.6 is 23.5 Å². The maximum Gasteiger partial charge on any atom is 1.00 e. The Morgan fingerprint density at radius 2 is 1.88 bits per heavy atom. The van der Waals surface area contributed by atoms with Crippen molar-refractivity contribution in [3.8, 4) is 0 Å². The third kappa shape index (κ3) is 3.28. The molecule has 0 atom stereocenters. The van der Waals surface area contributed by atoms with E-state index in [-0.39, 0.29) is 29.6 Å². The molecule has 1 aliphatic rings. The number of rotatable bonds is 1. The van der Waals surface area contributed by atoms with Gasteiger partial charge >= 0.3 is 29.6 Å². The molecule has 1 fully saturated rings. The van der Waals surface area contributed by atoms with Crippen LogP contribution in [0.15, 0.2) is 0 Å². The predicted molar refractivity (Wildman–Crippen MR) is 40.9 cm³/mol. The van der Waals surface area contributed by atoms with E-state index in [1.807, 2.05) is 23.5 Å². The van der Waals surface area contributed by atoms with Gasteiger partial charge in [-0.1, -0.05) is 0 Å². The standard InChI is InChI=1S/C4H8S3.Na/c5-3-4-6-1-2-7-4;/h4-5H,1-3H2;/q;+1/p-1. The summed E-state index contributed by atoms with van der Waals surface area (Å²) in [7, 11) is 0. The largest absolute Gasteiger partial charge is 1.00 e. The Morgan fingerprint density at radius 3 is 2.12 bits per heavy atom. The zero-order chi connectivity index (χ0) is 5.11. The molecule has 0 spiro atoms. The molecular formula is C4H7NaS3. The summed E-state index contributed by atoms with van der Waals surface area (Å²) < 4.78 is 0.745. The van der Waals surface area contributed by atoms with Gasteiger partial charge in [0.15, 0.2) is 0 Å². The van der Waals surface area contributed by atoms with Crippen molar-refractivity contribution in [1.82, 2.24) is 0 Å². The normalized spacial score (nSPS) is 20.6. The van der Waals surface area contributed by atoms with Crippen LogP contribution in [0.3, 0.4) is 0 Å². The van der Waals surface area contributed by atoms with Crippen LogP contribution in [0, 0.1) is 0 Å². The number of hydrogen-bond donors (Lipinski definition) is 0. The molecule has 0 radical (unpaired) electrons. The van der Waals surface area contributed by atoms with E-state index in [2.05, 4.69) is 0 Å². The van der Waals surface area contributed by atoms with Crippen molar-refractivity contribution < 1.29 is 29.6 Å². The second-order valence-corrected chi connectivity index (χ2v) is 4.59. The van der Waals surface area contributed by atoms with Gasteiger partial charge in [0, 0.05) is 16.1 Å². The Kier molecular flexibility index (Phi) is 7.29. The molecule has 4 heteroatoms. The van der Waals surface area contributed by atoms with Crippen LogP contribution in [-0.4, -0.2) is 21.8 Å². The predicted octanol–water partition coefficient (Wildman–Crippen LogP) is -1.66.